The van der Waals surface area contributed by atoms with Gasteiger partial charge in [-0.15, -0.1) is 0 Å². The van der Waals surface area contributed by atoms with Crippen LogP contribution in [0, 0.1) is 6.92 Å². The fraction of sp³-hybridized carbons (Fsp3) is 0.440. The van der Waals surface area contributed by atoms with Crippen LogP contribution >= 0.6 is 23.2 Å². The minimum absolute atomic E-state index is 0.130. The molecular formula is C25H30Cl2N2O3. The van der Waals surface area contributed by atoms with E-state index in [-0.39, 0.29) is 31.0 Å². The normalized spacial score (nSPS) is 14.8. The van der Waals surface area contributed by atoms with Crippen LogP contribution in [0.25, 0.3) is 0 Å². The van der Waals surface area contributed by atoms with Crippen LogP contribution in [0.5, 0.6) is 5.75 Å². The zero-order chi connectivity index (χ0) is 23.1. The Kier molecular flexibility index (Phi) is 8.83. The van der Waals surface area contributed by atoms with Gasteiger partial charge in [0.05, 0.1) is 0 Å². The number of nitrogens with zero attached hydrogens (tertiary/aromatic N) is 1. The molecule has 1 unspecified atom stereocenters. The zero-order valence-electron chi connectivity index (χ0n) is 18.6. The van der Waals surface area contributed by atoms with E-state index in [1.807, 2.05) is 32.0 Å². The van der Waals surface area contributed by atoms with Gasteiger partial charge in [0.1, 0.15) is 11.8 Å². The van der Waals surface area contributed by atoms with Crippen LogP contribution in [0.15, 0.2) is 42.5 Å². The first-order chi connectivity index (χ1) is 15.4. The average molecular weight is 477 g/mol. The lowest BCUT2D eigenvalue weighted by molar-refractivity contribution is -0.143. The summed E-state index contributed by atoms with van der Waals surface area (Å²) in [6.07, 6.45) is 4.65. The first kappa shape index (κ1) is 24.4. The second kappa shape index (κ2) is 11.6. The Morgan fingerprint density at radius 1 is 1.12 bits per heavy atom. The van der Waals surface area contributed by atoms with Gasteiger partial charge in [-0.2, -0.15) is 0 Å². The predicted molar refractivity (Wildman–Crippen MR) is 128 cm³/mol. The largest absolute Gasteiger partial charge is 0.484 e. The van der Waals surface area contributed by atoms with E-state index in [2.05, 4.69) is 5.32 Å². The third-order valence-corrected chi connectivity index (χ3v) is 6.54. The Bertz CT molecular complexity index is 924. The van der Waals surface area contributed by atoms with E-state index in [9.17, 15) is 9.59 Å². The fourth-order valence-corrected chi connectivity index (χ4v) is 4.59. The molecule has 32 heavy (non-hydrogen) atoms. The highest BCUT2D eigenvalue weighted by Crippen LogP contribution is 2.27. The van der Waals surface area contributed by atoms with Crippen molar-refractivity contribution in [1.82, 2.24) is 10.2 Å². The van der Waals surface area contributed by atoms with Gasteiger partial charge in [0, 0.05) is 28.2 Å². The molecule has 172 valence electrons. The number of halogens is 2. The molecule has 0 aromatic heterocycles. The summed E-state index contributed by atoms with van der Waals surface area (Å²) in [6, 6.07) is 12.2. The topological polar surface area (TPSA) is 58.6 Å². The van der Waals surface area contributed by atoms with Crippen molar-refractivity contribution < 1.29 is 14.3 Å². The van der Waals surface area contributed by atoms with Crippen LogP contribution in [-0.4, -0.2) is 35.4 Å². The maximum absolute atomic E-state index is 13.3. The SMILES string of the molecule is CCC(C(=O)NC1CCCC1)N(Cc1c(Cl)cccc1Cl)C(=O)COc1cccc(C)c1. The van der Waals surface area contributed by atoms with E-state index >= 15 is 0 Å². The first-order valence-electron chi connectivity index (χ1n) is 11.1. The number of hydrogen-bond acceptors (Lipinski definition) is 3. The van der Waals surface area contributed by atoms with Gasteiger partial charge in [-0.3, -0.25) is 9.59 Å². The highest BCUT2D eigenvalue weighted by molar-refractivity contribution is 6.36. The van der Waals surface area contributed by atoms with Crippen molar-refractivity contribution in [3.8, 4) is 5.75 Å². The Balaban J connectivity index is 1.81. The summed E-state index contributed by atoms with van der Waals surface area (Å²) >= 11 is 12.8. The van der Waals surface area contributed by atoms with Crippen molar-refractivity contribution in [2.75, 3.05) is 6.61 Å². The average Bonchev–Trinajstić information content (AvgIpc) is 3.27. The molecule has 0 heterocycles. The standard InChI is InChI=1S/C25H30Cl2N2O3/c1-3-23(25(31)28-18-9-4-5-10-18)29(15-20-21(26)12-7-13-22(20)27)24(30)16-32-19-11-6-8-17(2)14-19/h6-8,11-14,18,23H,3-5,9-10,15-16H2,1-2H3,(H,28,31). The van der Waals surface area contributed by atoms with Gasteiger partial charge in [-0.25, -0.2) is 0 Å². The predicted octanol–water partition coefficient (Wildman–Crippen LogP) is 5.55. The lowest BCUT2D eigenvalue weighted by Gasteiger charge is -2.32. The molecule has 0 aliphatic heterocycles. The molecule has 2 aromatic carbocycles. The number of benzene rings is 2. The molecule has 0 spiro atoms. The molecule has 1 aliphatic carbocycles. The molecule has 2 aromatic rings. The second-order valence-corrected chi connectivity index (χ2v) is 9.06. The summed E-state index contributed by atoms with van der Waals surface area (Å²) in [5.74, 6) is 0.167. The van der Waals surface area contributed by atoms with Crippen molar-refractivity contribution >= 4 is 35.0 Å². The molecule has 0 saturated heterocycles. The number of aryl methyl sites for hydroxylation is 1. The van der Waals surface area contributed by atoms with Gasteiger partial charge in [-0.1, -0.05) is 61.2 Å². The van der Waals surface area contributed by atoms with Crippen molar-refractivity contribution in [3.63, 3.8) is 0 Å². The molecule has 1 fully saturated rings. The first-order valence-corrected chi connectivity index (χ1v) is 11.9. The number of carbonyl (C=O) groups excluding carboxylic acids is 2. The van der Waals surface area contributed by atoms with E-state index in [1.54, 1.807) is 24.3 Å². The number of amides is 2. The third-order valence-electron chi connectivity index (χ3n) is 5.83. The summed E-state index contributed by atoms with van der Waals surface area (Å²) in [4.78, 5) is 28.0. The quantitative estimate of drug-likeness (QED) is 0.516. The Morgan fingerprint density at radius 2 is 1.78 bits per heavy atom. The Hall–Kier alpha value is -2.24. The van der Waals surface area contributed by atoms with Gasteiger partial charge in [0.25, 0.3) is 5.91 Å². The molecule has 0 bridgehead atoms. The number of carbonyl (C=O) groups is 2. The van der Waals surface area contributed by atoms with Gasteiger partial charge in [-0.05, 0) is 56.0 Å². The molecule has 1 saturated carbocycles. The summed E-state index contributed by atoms with van der Waals surface area (Å²) in [7, 11) is 0. The molecular weight excluding hydrogens is 447 g/mol. The lowest BCUT2D eigenvalue weighted by atomic mass is 10.1. The van der Waals surface area contributed by atoms with Crippen LogP contribution < -0.4 is 10.1 Å². The number of hydrogen-bond donors (Lipinski definition) is 1. The van der Waals surface area contributed by atoms with Gasteiger partial charge < -0.3 is 15.0 Å². The highest BCUT2D eigenvalue weighted by atomic mass is 35.5. The number of ether oxygens (including phenoxy) is 1. The monoisotopic (exact) mass is 476 g/mol. The van der Waals surface area contributed by atoms with Crippen molar-refractivity contribution in [3.05, 3.63) is 63.6 Å². The maximum Gasteiger partial charge on any atom is 0.261 e. The third kappa shape index (κ3) is 6.39. The molecule has 1 aliphatic rings. The van der Waals surface area contributed by atoms with E-state index in [4.69, 9.17) is 27.9 Å². The molecule has 3 rings (SSSR count). The molecule has 7 heteroatoms. The molecule has 5 nitrogen and oxygen atoms in total. The summed E-state index contributed by atoms with van der Waals surface area (Å²) in [6.45, 7) is 3.81. The zero-order valence-corrected chi connectivity index (χ0v) is 20.1. The minimum atomic E-state index is -0.642. The molecule has 1 atom stereocenters. The van der Waals surface area contributed by atoms with Crippen LogP contribution in [0.1, 0.15) is 50.2 Å². The van der Waals surface area contributed by atoms with Crippen LogP contribution in [0.3, 0.4) is 0 Å². The Labute approximate surface area is 200 Å². The number of nitrogens with one attached hydrogen (secondary N) is 1. The van der Waals surface area contributed by atoms with E-state index in [0.29, 0.717) is 27.8 Å². The summed E-state index contributed by atoms with van der Waals surface area (Å²) in [5, 5.41) is 4.04. The van der Waals surface area contributed by atoms with Gasteiger partial charge in [0.2, 0.25) is 5.91 Å². The smallest absolute Gasteiger partial charge is 0.261 e. The number of rotatable bonds is 9. The fourth-order valence-electron chi connectivity index (χ4n) is 4.07. The van der Waals surface area contributed by atoms with Crippen molar-refractivity contribution in [2.24, 2.45) is 0 Å². The molecule has 1 N–H and O–H groups in total. The lowest BCUT2D eigenvalue weighted by Crippen LogP contribution is -2.52. The highest BCUT2D eigenvalue weighted by Gasteiger charge is 2.31. The van der Waals surface area contributed by atoms with E-state index in [1.165, 1.54) is 4.90 Å². The summed E-state index contributed by atoms with van der Waals surface area (Å²) < 4.78 is 5.75. The van der Waals surface area contributed by atoms with Crippen LogP contribution in [0.4, 0.5) is 0 Å². The second-order valence-electron chi connectivity index (χ2n) is 8.24. The van der Waals surface area contributed by atoms with Crippen molar-refractivity contribution in [1.29, 1.82) is 0 Å². The minimum Gasteiger partial charge on any atom is -0.484 e. The van der Waals surface area contributed by atoms with Gasteiger partial charge in [0.15, 0.2) is 6.61 Å². The van der Waals surface area contributed by atoms with Gasteiger partial charge >= 0.3 is 0 Å². The maximum atomic E-state index is 13.3. The van der Waals surface area contributed by atoms with Crippen molar-refractivity contribution in [2.45, 2.75) is 64.6 Å². The van der Waals surface area contributed by atoms with Crippen LogP contribution in [0.2, 0.25) is 10.0 Å². The summed E-state index contributed by atoms with van der Waals surface area (Å²) in [5.41, 5.74) is 1.66. The van der Waals surface area contributed by atoms with E-state index < -0.39 is 6.04 Å². The Morgan fingerprint density at radius 3 is 2.41 bits per heavy atom. The van der Waals surface area contributed by atoms with Crippen LogP contribution in [-0.2, 0) is 16.1 Å². The molecule has 2 amide bonds. The molecule has 0 radical (unpaired) electrons. The van der Waals surface area contributed by atoms with E-state index in [0.717, 1.165) is 31.2 Å².